The monoisotopic (exact) mass is 218 g/mol. The Morgan fingerprint density at radius 3 is 2.57 bits per heavy atom. The highest BCUT2D eigenvalue weighted by Crippen LogP contribution is 2.41. The van der Waals surface area contributed by atoms with Crippen LogP contribution in [0.2, 0.25) is 0 Å². The molecule has 1 saturated carbocycles. The van der Waals surface area contributed by atoms with Gasteiger partial charge in [-0.05, 0) is 25.2 Å². The third-order valence-corrected chi connectivity index (χ3v) is 3.02. The maximum absolute atomic E-state index is 11.3. The fraction of sp³-hybridized carbons (Fsp3) is 0.889. The van der Waals surface area contributed by atoms with Gasteiger partial charge in [0, 0.05) is 0 Å². The fourth-order valence-electron chi connectivity index (χ4n) is 1.67. The van der Waals surface area contributed by atoms with Crippen molar-refractivity contribution in [2.75, 3.05) is 0 Å². The molecule has 2 atom stereocenters. The summed E-state index contributed by atoms with van der Waals surface area (Å²) in [6.45, 7) is 5.95. The summed E-state index contributed by atoms with van der Waals surface area (Å²) in [5.41, 5.74) is 0.307. The van der Waals surface area contributed by atoms with E-state index in [9.17, 15) is 9.36 Å². The highest BCUT2D eigenvalue weighted by atomic mass is 31.1. The molecule has 1 rings (SSSR count). The van der Waals surface area contributed by atoms with E-state index >= 15 is 0 Å². The zero-order chi connectivity index (χ0) is 10.8. The number of hydrogen-bond donors (Lipinski definition) is 1. The summed E-state index contributed by atoms with van der Waals surface area (Å²) in [6, 6.07) is -0.477. The molecule has 1 aliphatic carbocycles. The second-order valence-corrected chi connectivity index (χ2v) is 5.09. The van der Waals surface area contributed by atoms with Gasteiger partial charge in [0.2, 0.25) is 0 Å². The van der Waals surface area contributed by atoms with Crippen LogP contribution in [0.25, 0.3) is 0 Å². The van der Waals surface area contributed by atoms with Gasteiger partial charge in [0.25, 0.3) is 0 Å². The Morgan fingerprint density at radius 2 is 2.14 bits per heavy atom. The van der Waals surface area contributed by atoms with Crippen LogP contribution in [0.4, 0.5) is 0 Å². The van der Waals surface area contributed by atoms with Gasteiger partial charge >= 0.3 is 14.6 Å². The largest absolute Gasteiger partial charge is 0.461 e. The molecule has 0 saturated heterocycles. The van der Waals surface area contributed by atoms with Crippen LogP contribution >= 0.6 is 8.61 Å². The molecule has 0 bridgehead atoms. The Bertz CT molecular complexity index is 234. The molecule has 1 fully saturated rings. The molecule has 1 unspecified atom stereocenters. The van der Waals surface area contributed by atoms with Crippen molar-refractivity contribution < 1.29 is 14.1 Å². The molecule has 0 spiro atoms. The van der Waals surface area contributed by atoms with Crippen molar-refractivity contribution in [1.29, 1.82) is 0 Å². The summed E-state index contributed by atoms with van der Waals surface area (Å²) in [5.74, 6) is -0.311. The first-order valence-corrected chi connectivity index (χ1v) is 5.68. The molecule has 0 aromatic rings. The van der Waals surface area contributed by atoms with Gasteiger partial charge in [-0.15, -0.1) is 0 Å². The molecule has 14 heavy (non-hydrogen) atoms. The highest BCUT2D eigenvalue weighted by molar-refractivity contribution is 7.21. The molecule has 0 radical (unpaired) electrons. The third-order valence-electron chi connectivity index (χ3n) is 2.47. The molecule has 0 aromatic heterocycles. The number of rotatable bonds is 4. The van der Waals surface area contributed by atoms with E-state index in [0.29, 0.717) is 5.41 Å². The fourth-order valence-corrected chi connectivity index (χ4v) is 1.96. The minimum Gasteiger partial charge on any atom is -0.461 e. The lowest BCUT2D eigenvalue weighted by Crippen LogP contribution is -2.42. The van der Waals surface area contributed by atoms with Crippen LogP contribution in [0.5, 0.6) is 0 Å². The normalized spacial score (nSPS) is 22.8. The van der Waals surface area contributed by atoms with Gasteiger partial charge in [-0.1, -0.05) is 23.5 Å². The maximum Gasteiger partial charge on any atom is 0.419 e. The van der Waals surface area contributed by atoms with E-state index in [2.05, 4.69) is 18.9 Å². The average Bonchev–Trinajstić information content (AvgIpc) is 2.01. The molecule has 5 heteroatoms. The number of esters is 1. The van der Waals surface area contributed by atoms with Crippen molar-refractivity contribution in [3.63, 3.8) is 0 Å². The molecule has 0 aromatic carbocycles. The topological polar surface area (TPSA) is 55.4 Å². The predicted molar refractivity (Wildman–Crippen MR) is 54.5 cm³/mol. The Kier molecular flexibility index (Phi) is 3.62. The van der Waals surface area contributed by atoms with Crippen molar-refractivity contribution >= 4 is 14.6 Å². The van der Waals surface area contributed by atoms with E-state index in [1.807, 2.05) is 0 Å². The lowest BCUT2D eigenvalue weighted by molar-refractivity contribution is -0.160. The van der Waals surface area contributed by atoms with Crippen molar-refractivity contribution in [1.82, 2.24) is 5.09 Å². The summed E-state index contributed by atoms with van der Waals surface area (Å²) in [7, 11) is -0.666. The third kappa shape index (κ3) is 3.03. The second-order valence-electron chi connectivity index (χ2n) is 4.60. The Morgan fingerprint density at radius 1 is 1.57 bits per heavy atom. The Labute approximate surface area is 85.7 Å². The van der Waals surface area contributed by atoms with E-state index < -0.39 is 14.7 Å². The first kappa shape index (κ1) is 11.6. The highest BCUT2D eigenvalue weighted by Gasteiger charge is 2.39. The van der Waals surface area contributed by atoms with Crippen LogP contribution in [-0.4, -0.2) is 18.1 Å². The smallest absolute Gasteiger partial charge is 0.419 e. The summed E-state index contributed by atoms with van der Waals surface area (Å²) < 4.78 is 15.4. The van der Waals surface area contributed by atoms with E-state index in [1.165, 1.54) is 0 Å². The van der Waals surface area contributed by atoms with Gasteiger partial charge in [0.15, 0.2) is 0 Å². The first-order valence-electron chi connectivity index (χ1n) is 4.78. The maximum atomic E-state index is 11.3. The molecule has 80 valence electrons. The lowest BCUT2D eigenvalue weighted by atomic mass is 9.70. The lowest BCUT2D eigenvalue weighted by Gasteiger charge is -2.41. The number of ether oxygens (including phenoxy) is 1. The summed E-state index contributed by atoms with van der Waals surface area (Å²) in [4.78, 5) is 11.3. The van der Waals surface area contributed by atoms with Crippen molar-refractivity contribution in [2.45, 2.75) is 45.8 Å². The predicted octanol–water partition coefficient (Wildman–Crippen LogP) is 1.64. The van der Waals surface area contributed by atoms with Gasteiger partial charge < -0.3 is 4.74 Å². The minimum atomic E-state index is -0.666. The minimum absolute atomic E-state index is 0.0525. The van der Waals surface area contributed by atoms with Crippen LogP contribution in [0, 0.1) is 5.41 Å². The Hall–Kier alpha value is -0.470. The first-order chi connectivity index (χ1) is 6.44. The second kappa shape index (κ2) is 4.37. The van der Waals surface area contributed by atoms with E-state index in [0.717, 1.165) is 12.8 Å². The van der Waals surface area contributed by atoms with E-state index in [1.54, 1.807) is 6.92 Å². The summed E-state index contributed by atoms with van der Waals surface area (Å²) in [5, 5.41) is 2.52. The van der Waals surface area contributed by atoms with Crippen LogP contribution in [0.15, 0.2) is 0 Å². The van der Waals surface area contributed by atoms with Gasteiger partial charge in [0.1, 0.15) is 12.1 Å². The molecule has 4 nitrogen and oxygen atoms in total. The van der Waals surface area contributed by atoms with E-state index in [4.69, 9.17) is 4.74 Å². The molecule has 0 amide bonds. The van der Waals surface area contributed by atoms with E-state index in [-0.39, 0.29) is 12.1 Å². The van der Waals surface area contributed by atoms with Gasteiger partial charge in [0.05, 0.1) is 0 Å². The standard InChI is InChI=1S/C9H16NO3P/c1-6(10-14-12)8(11)13-7-4-9(2,3)5-7/h6-7H,4-5H2,1-3H3,(H,10,12)/p+1/t6-/m0/s1. The number of carbonyl (C=O) groups is 1. The molecular formula is C9H17NO3P+. The van der Waals surface area contributed by atoms with Crippen molar-refractivity contribution in [2.24, 2.45) is 5.41 Å². The van der Waals surface area contributed by atoms with Crippen molar-refractivity contribution in [3.05, 3.63) is 0 Å². The quantitative estimate of drug-likeness (QED) is 0.575. The molecule has 1 N–H and O–H groups in total. The summed E-state index contributed by atoms with van der Waals surface area (Å²) >= 11 is 0. The van der Waals surface area contributed by atoms with Crippen molar-refractivity contribution in [3.8, 4) is 0 Å². The zero-order valence-electron chi connectivity index (χ0n) is 8.79. The average molecular weight is 218 g/mol. The van der Waals surface area contributed by atoms with Crippen LogP contribution in [0.1, 0.15) is 33.6 Å². The van der Waals surface area contributed by atoms with Gasteiger partial charge in [-0.2, -0.15) is 0 Å². The summed E-state index contributed by atoms with van der Waals surface area (Å²) in [6.07, 6.45) is 1.90. The zero-order valence-corrected chi connectivity index (χ0v) is 9.79. The molecule has 0 aliphatic heterocycles. The Balaban J connectivity index is 2.25. The van der Waals surface area contributed by atoms with Crippen LogP contribution in [-0.2, 0) is 14.1 Å². The number of hydrogen-bond acceptors (Lipinski definition) is 3. The number of carbonyl (C=O) groups excluding carboxylic acids is 1. The number of nitrogens with one attached hydrogen (secondary N) is 1. The SMILES string of the molecule is C[C@H](N[PH+]=O)C(=O)OC1CC(C)(C)C1. The van der Waals surface area contributed by atoms with Gasteiger partial charge in [-0.3, -0.25) is 4.79 Å². The molecule has 1 aliphatic rings. The molecular weight excluding hydrogens is 201 g/mol. The van der Waals surface area contributed by atoms with Crippen LogP contribution in [0.3, 0.4) is 0 Å². The van der Waals surface area contributed by atoms with Crippen LogP contribution < -0.4 is 5.09 Å². The molecule has 0 heterocycles. The van der Waals surface area contributed by atoms with Gasteiger partial charge in [-0.25, -0.2) is 0 Å².